The van der Waals surface area contributed by atoms with Crippen LogP contribution in [0.2, 0.25) is 0 Å². The molecule has 0 saturated heterocycles. The van der Waals surface area contributed by atoms with Gasteiger partial charge in [0.25, 0.3) is 0 Å². The molecule has 2 heterocycles. The number of carbonyl (C=O) groups excluding carboxylic acids is 1. The number of carbonyl (C=O) groups is 1. The number of halogens is 1. The second-order valence-electron chi connectivity index (χ2n) is 4.48. The summed E-state index contributed by atoms with van der Waals surface area (Å²) < 4.78 is 3.00. The number of aldehydes is 1. The van der Waals surface area contributed by atoms with E-state index in [1.807, 2.05) is 25.3 Å². The maximum Gasteiger partial charge on any atom is 0.153 e. The molecule has 2 rings (SSSR count). The lowest BCUT2D eigenvalue weighted by Crippen LogP contribution is -2.05. The molecule has 2 aromatic heterocycles. The highest BCUT2D eigenvalue weighted by atomic mass is 79.9. The van der Waals surface area contributed by atoms with Crippen molar-refractivity contribution in [2.24, 2.45) is 0 Å². The van der Waals surface area contributed by atoms with E-state index in [0.717, 1.165) is 27.7 Å². The zero-order valence-corrected chi connectivity index (χ0v) is 12.2. The van der Waals surface area contributed by atoms with Crippen LogP contribution in [0.1, 0.15) is 35.9 Å². The lowest BCUT2D eigenvalue weighted by Gasteiger charge is -2.15. The molecule has 0 radical (unpaired) electrons. The van der Waals surface area contributed by atoms with E-state index in [1.54, 1.807) is 6.20 Å². The van der Waals surface area contributed by atoms with Gasteiger partial charge < -0.3 is 4.57 Å². The highest BCUT2D eigenvalue weighted by molar-refractivity contribution is 9.10. The molecule has 0 saturated carbocycles. The van der Waals surface area contributed by atoms with Crippen LogP contribution in [0.4, 0.5) is 0 Å². The summed E-state index contributed by atoms with van der Waals surface area (Å²) in [4.78, 5) is 15.4. The average Bonchev–Trinajstić information content (AvgIpc) is 2.61. The molecule has 2 aromatic rings. The zero-order chi connectivity index (χ0) is 13.3. The van der Waals surface area contributed by atoms with Gasteiger partial charge in [-0.1, -0.05) is 0 Å². The van der Waals surface area contributed by atoms with Crippen LogP contribution in [0.15, 0.2) is 29.0 Å². The van der Waals surface area contributed by atoms with Crippen LogP contribution < -0.4 is 0 Å². The minimum atomic E-state index is 0.283. The molecule has 4 heteroatoms. The Morgan fingerprint density at radius 3 is 2.67 bits per heavy atom. The van der Waals surface area contributed by atoms with E-state index in [0.29, 0.717) is 5.56 Å². The smallest absolute Gasteiger partial charge is 0.153 e. The lowest BCUT2D eigenvalue weighted by molar-refractivity contribution is 0.112. The fourth-order valence-corrected chi connectivity index (χ4v) is 3.04. The van der Waals surface area contributed by atoms with E-state index in [-0.39, 0.29) is 6.04 Å². The molecule has 94 valence electrons. The minimum Gasteiger partial charge on any atom is -0.341 e. The number of hydrogen-bond donors (Lipinski definition) is 0. The second kappa shape index (κ2) is 5.06. The molecule has 3 nitrogen and oxygen atoms in total. The molecule has 0 unspecified atom stereocenters. The maximum absolute atomic E-state index is 11.2. The first-order valence-electron chi connectivity index (χ1n) is 5.83. The molecule has 0 amide bonds. The Morgan fingerprint density at radius 1 is 1.44 bits per heavy atom. The van der Waals surface area contributed by atoms with Crippen molar-refractivity contribution in [3.63, 3.8) is 0 Å². The van der Waals surface area contributed by atoms with Crippen molar-refractivity contribution in [2.75, 3.05) is 0 Å². The van der Waals surface area contributed by atoms with Crippen LogP contribution in [-0.4, -0.2) is 15.8 Å². The quantitative estimate of drug-likeness (QED) is 0.803. The third kappa shape index (κ3) is 2.01. The molecule has 0 aliphatic heterocycles. The highest BCUT2D eigenvalue weighted by Crippen LogP contribution is 2.36. The Hall–Kier alpha value is -1.42. The SMILES string of the molecule is Cc1c(C=O)c(Br)c(-c2cccnc2)n1C(C)C. The van der Waals surface area contributed by atoms with Crippen molar-refractivity contribution in [1.29, 1.82) is 0 Å². The van der Waals surface area contributed by atoms with Crippen molar-refractivity contribution < 1.29 is 4.79 Å². The van der Waals surface area contributed by atoms with Gasteiger partial charge in [0.05, 0.1) is 10.2 Å². The van der Waals surface area contributed by atoms with Crippen LogP contribution in [0, 0.1) is 6.92 Å². The Kier molecular flexibility index (Phi) is 3.66. The molecule has 0 aromatic carbocycles. The predicted octanol–water partition coefficient (Wildman–Crippen LogP) is 4.01. The van der Waals surface area contributed by atoms with E-state index in [2.05, 4.69) is 39.3 Å². The summed E-state index contributed by atoms with van der Waals surface area (Å²) in [6.45, 7) is 6.18. The Labute approximate surface area is 115 Å². The number of aromatic nitrogens is 2. The van der Waals surface area contributed by atoms with Gasteiger partial charge in [-0.05, 0) is 48.8 Å². The molecule has 0 atom stereocenters. The van der Waals surface area contributed by atoms with Gasteiger partial charge in [-0.2, -0.15) is 0 Å². The van der Waals surface area contributed by atoms with Gasteiger partial charge in [0, 0.05) is 35.3 Å². The van der Waals surface area contributed by atoms with Crippen LogP contribution in [0.25, 0.3) is 11.3 Å². The topological polar surface area (TPSA) is 34.9 Å². The fraction of sp³-hybridized carbons (Fsp3) is 0.286. The number of nitrogens with zero attached hydrogens (tertiary/aromatic N) is 2. The summed E-state index contributed by atoms with van der Waals surface area (Å²) in [5.74, 6) is 0. The first-order chi connectivity index (χ1) is 8.57. The van der Waals surface area contributed by atoms with Crippen LogP contribution in [-0.2, 0) is 0 Å². The van der Waals surface area contributed by atoms with Crippen molar-refractivity contribution in [3.8, 4) is 11.3 Å². The van der Waals surface area contributed by atoms with Crippen molar-refractivity contribution >= 4 is 22.2 Å². The largest absolute Gasteiger partial charge is 0.341 e. The molecule has 18 heavy (non-hydrogen) atoms. The van der Waals surface area contributed by atoms with Crippen molar-refractivity contribution in [2.45, 2.75) is 26.8 Å². The van der Waals surface area contributed by atoms with Crippen molar-refractivity contribution in [1.82, 2.24) is 9.55 Å². The van der Waals surface area contributed by atoms with E-state index >= 15 is 0 Å². The lowest BCUT2D eigenvalue weighted by atomic mass is 10.2. The molecule has 0 spiro atoms. The molecular formula is C14H15BrN2O. The fourth-order valence-electron chi connectivity index (χ4n) is 2.24. The van der Waals surface area contributed by atoms with Crippen LogP contribution >= 0.6 is 15.9 Å². The van der Waals surface area contributed by atoms with Gasteiger partial charge >= 0.3 is 0 Å². The zero-order valence-electron chi connectivity index (χ0n) is 10.6. The third-order valence-electron chi connectivity index (χ3n) is 3.01. The molecule has 0 fully saturated rings. The van der Waals surface area contributed by atoms with Gasteiger partial charge in [0.15, 0.2) is 6.29 Å². The summed E-state index contributed by atoms with van der Waals surface area (Å²) in [5.41, 5.74) is 3.71. The van der Waals surface area contributed by atoms with Gasteiger partial charge in [-0.3, -0.25) is 9.78 Å². The Morgan fingerprint density at radius 2 is 2.17 bits per heavy atom. The normalized spacial score (nSPS) is 10.9. The van der Waals surface area contributed by atoms with Crippen molar-refractivity contribution in [3.05, 3.63) is 40.3 Å². The molecule has 0 aliphatic carbocycles. The standard InChI is InChI=1S/C14H15BrN2O/c1-9(2)17-10(3)12(8-18)13(15)14(17)11-5-4-6-16-7-11/h4-9H,1-3H3. The Bertz CT molecular complexity index is 573. The minimum absolute atomic E-state index is 0.283. The highest BCUT2D eigenvalue weighted by Gasteiger charge is 2.20. The number of rotatable bonds is 3. The summed E-state index contributed by atoms with van der Waals surface area (Å²) in [7, 11) is 0. The Balaban J connectivity index is 2.77. The third-order valence-corrected chi connectivity index (χ3v) is 3.81. The summed E-state index contributed by atoms with van der Waals surface area (Å²) in [6.07, 6.45) is 4.46. The molecular weight excluding hydrogens is 292 g/mol. The summed E-state index contributed by atoms with van der Waals surface area (Å²) in [5, 5.41) is 0. The van der Waals surface area contributed by atoms with Gasteiger partial charge in [0.2, 0.25) is 0 Å². The van der Waals surface area contributed by atoms with Gasteiger partial charge in [-0.25, -0.2) is 0 Å². The predicted molar refractivity (Wildman–Crippen MR) is 75.9 cm³/mol. The molecule has 0 N–H and O–H groups in total. The maximum atomic E-state index is 11.2. The first kappa shape index (κ1) is 13.0. The van der Waals surface area contributed by atoms with Gasteiger partial charge in [-0.15, -0.1) is 0 Å². The average molecular weight is 307 g/mol. The van der Waals surface area contributed by atoms with Crippen LogP contribution in [0.5, 0.6) is 0 Å². The molecule has 0 bridgehead atoms. The summed E-state index contributed by atoms with van der Waals surface area (Å²) >= 11 is 3.54. The van der Waals surface area contributed by atoms with E-state index < -0.39 is 0 Å². The first-order valence-corrected chi connectivity index (χ1v) is 6.63. The number of pyridine rings is 1. The van der Waals surface area contributed by atoms with Gasteiger partial charge in [0.1, 0.15) is 0 Å². The van der Waals surface area contributed by atoms with E-state index in [9.17, 15) is 4.79 Å². The van der Waals surface area contributed by atoms with Crippen LogP contribution in [0.3, 0.4) is 0 Å². The summed E-state index contributed by atoms with van der Waals surface area (Å²) in [6, 6.07) is 4.18. The number of hydrogen-bond acceptors (Lipinski definition) is 2. The second-order valence-corrected chi connectivity index (χ2v) is 5.28. The molecule has 0 aliphatic rings. The van der Waals surface area contributed by atoms with E-state index in [1.165, 1.54) is 0 Å². The van der Waals surface area contributed by atoms with E-state index in [4.69, 9.17) is 0 Å². The monoisotopic (exact) mass is 306 g/mol.